The second-order valence-corrected chi connectivity index (χ2v) is 4.28. The number of nitrogens with zero attached hydrogens (tertiary/aromatic N) is 1. The number of methoxy groups -OCH3 is 1. The molecule has 0 radical (unpaired) electrons. The third-order valence-corrected chi connectivity index (χ3v) is 2.91. The van der Waals surface area contributed by atoms with Gasteiger partial charge in [-0.1, -0.05) is 24.3 Å². The topological polar surface area (TPSA) is 43.4 Å². The molecule has 0 saturated carbocycles. The zero-order chi connectivity index (χ0) is 14.2. The highest BCUT2D eigenvalue weighted by atomic mass is 16.5. The molecule has 0 amide bonds. The fourth-order valence-electron chi connectivity index (χ4n) is 1.98. The van der Waals surface area contributed by atoms with E-state index in [-0.39, 0.29) is 0 Å². The number of ether oxygens (including phenoxy) is 2. The molecule has 0 atom stereocenters. The molecule has 4 nitrogen and oxygen atoms in total. The van der Waals surface area contributed by atoms with Gasteiger partial charge in [-0.15, -0.1) is 0 Å². The normalized spacial score (nSPS) is 10.1. The van der Waals surface area contributed by atoms with Gasteiger partial charge >= 0.3 is 0 Å². The van der Waals surface area contributed by atoms with Crippen LogP contribution in [0.2, 0.25) is 0 Å². The van der Waals surface area contributed by atoms with Gasteiger partial charge in [0, 0.05) is 12.6 Å². The second kappa shape index (κ2) is 7.38. The Balaban J connectivity index is 1.91. The van der Waals surface area contributed by atoms with Crippen LogP contribution in [0.15, 0.2) is 42.5 Å². The lowest BCUT2D eigenvalue weighted by Gasteiger charge is -2.10. The molecule has 0 unspecified atom stereocenters. The minimum absolute atomic E-state index is 0.623. The summed E-state index contributed by atoms with van der Waals surface area (Å²) < 4.78 is 10.7. The highest BCUT2D eigenvalue weighted by molar-refractivity contribution is 5.38. The quantitative estimate of drug-likeness (QED) is 0.841. The van der Waals surface area contributed by atoms with E-state index in [4.69, 9.17) is 9.47 Å². The number of anilines is 1. The van der Waals surface area contributed by atoms with Crippen LogP contribution in [-0.4, -0.2) is 25.2 Å². The van der Waals surface area contributed by atoms with Crippen molar-refractivity contribution in [1.29, 1.82) is 0 Å². The molecule has 0 aliphatic rings. The summed E-state index contributed by atoms with van der Waals surface area (Å²) in [6.07, 6.45) is 0.880. The first-order valence-corrected chi connectivity index (χ1v) is 6.79. The van der Waals surface area contributed by atoms with Crippen molar-refractivity contribution in [3.8, 4) is 11.6 Å². The molecule has 2 rings (SSSR count). The first-order chi connectivity index (χ1) is 9.83. The number of hydrogen-bond donors (Lipinski definition) is 1. The number of para-hydroxylation sites is 1. The molecule has 0 saturated heterocycles. The summed E-state index contributed by atoms with van der Waals surface area (Å²) in [6, 6.07) is 13.8. The molecule has 2 aromatic rings. The van der Waals surface area contributed by atoms with E-state index in [1.165, 1.54) is 5.56 Å². The number of benzene rings is 1. The number of rotatable bonds is 7. The van der Waals surface area contributed by atoms with Crippen LogP contribution in [0.1, 0.15) is 12.5 Å². The van der Waals surface area contributed by atoms with Crippen molar-refractivity contribution in [2.75, 3.05) is 25.6 Å². The Morgan fingerprint density at radius 1 is 1.10 bits per heavy atom. The van der Waals surface area contributed by atoms with Crippen LogP contribution in [-0.2, 0) is 6.42 Å². The zero-order valence-electron chi connectivity index (χ0n) is 11.9. The van der Waals surface area contributed by atoms with Gasteiger partial charge in [0.05, 0.1) is 13.7 Å². The van der Waals surface area contributed by atoms with E-state index >= 15 is 0 Å². The molecule has 0 aliphatic heterocycles. The van der Waals surface area contributed by atoms with Crippen LogP contribution < -0.4 is 14.8 Å². The number of hydrogen-bond acceptors (Lipinski definition) is 4. The standard InChI is InChI=1S/C16H20N2O2/c1-3-20-16-10-6-9-15(18-16)17-12-11-13-7-4-5-8-14(13)19-2/h4-10H,3,11-12H2,1-2H3,(H,17,18). The molecule has 20 heavy (non-hydrogen) atoms. The maximum atomic E-state index is 5.38. The highest BCUT2D eigenvalue weighted by Gasteiger charge is 2.02. The molecule has 4 heteroatoms. The Kier molecular flexibility index (Phi) is 5.24. The van der Waals surface area contributed by atoms with Crippen molar-refractivity contribution in [1.82, 2.24) is 4.98 Å². The van der Waals surface area contributed by atoms with Gasteiger partial charge in [-0.3, -0.25) is 0 Å². The average Bonchev–Trinajstić information content (AvgIpc) is 2.48. The minimum Gasteiger partial charge on any atom is -0.496 e. The van der Waals surface area contributed by atoms with Crippen molar-refractivity contribution >= 4 is 5.82 Å². The van der Waals surface area contributed by atoms with Gasteiger partial charge in [0.15, 0.2) is 0 Å². The van der Waals surface area contributed by atoms with Gasteiger partial charge in [0.2, 0.25) is 5.88 Å². The Morgan fingerprint density at radius 2 is 1.95 bits per heavy atom. The summed E-state index contributed by atoms with van der Waals surface area (Å²) in [7, 11) is 1.69. The lowest BCUT2D eigenvalue weighted by molar-refractivity contribution is 0.327. The van der Waals surface area contributed by atoms with Crippen LogP contribution in [0.3, 0.4) is 0 Å². The molecular weight excluding hydrogens is 252 g/mol. The Labute approximate surface area is 119 Å². The SMILES string of the molecule is CCOc1cccc(NCCc2ccccc2OC)n1. The molecule has 1 aromatic heterocycles. The third kappa shape index (κ3) is 3.88. The molecule has 0 fully saturated rings. The van der Waals surface area contributed by atoms with E-state index in [1.54, 1.807) is 7.11 Å². The highest BCUT2D eigenvalue weighted by Crippen LogP contribution is 2.18. The number of pyridine rings is 1. The van der Waals surface area contributed by atoms with Crippen molar-refractivity contribution in [3.05, 3.63) is 48.0 Å². The van der Waals surface area contributed by atoms with Gasteiger partial charge in [-0.05, 0) is 31.0 Å². The summed E-state index contributed by atoms with van der Waals surface area (Å²) in [5.74, 6) is 2.39. The zero-order valence-corrected chi connectivity index (χ0v) is 11.9. The Hall–Kier alpha value is -2.23. The Bertz CT molecular complexity index is 544. The Morgan fingerprint density at radius 3 is 2.75 bits per heavy atom. The predicted molar refractivity (Wildman–Crippen MR) is 80.6 cm³/mol. The molecule has 1 aromatic carbocycles. The first kappa shape index (κ1) is 14.2. The molecule has 0 aliphatic carbocycles. The lowest BCUT2D eigenvalue weighted by atomic mass is 10.1. The van der Waals surface area contributed by atoms with Gasteiger partial charge in [0.25, 0.3) is 0 Å². The summed E-state index contributed by atoms with van der Waals surface area (Å²) in [6.45, 7) is 3.37. The third-order valence-electron chi connectivity index (χ3n) is 2.91. The van der Waals surface area contributed by atoms with Crippen LogP contribution >= 0.6 is 0 Å². The fourth-order valence-corrected chi connectivity index (χ4v) is 1.98. The largest absolute Gasteiger partial charge is 0.496 e. The lowest BCUT2D eigenvalue weighted by Crippen LogP contribution is -2.07. The second-order valence-electron chi connectivity index (χ2n) is 4.28. The summed E-state index contributed by atoms with van der Waals surface area (Å²) >= 11 is 0. The van der Waals surface area contributed by atoms with Crippen LogP contribution in [0.5, 0.6) is 11.6 Å². The van der Waals surface area contributed by atoms with Crippen LogP contribution in [0, 0.1) is 0 Å². The number of nitrogens with one attached hydrogen (secondary N) is 1. The van der Waals surface area contributed by atoms with E-state index in [2.05, 4.69) is 16.4 Å². The first-order valence-electron chi connectivity index (χ1n) is 6.79. The average molecular weight is 272 g/mol. The monoisotopic (exact) mass is 272 g/mol. The van der Waals surface area contributed by atoms with Crippen molar-refractivity contribution in [2.45, 2.75) is 13.3 Å². The molecule has 0 bridgehead atoms. The van der Waals surface area contributed by atoms with Crippen LogP contribution in [0.4, 0.5) is 5.82 Å². The maximum absolute atomic E-state index is 5.38. The minimum atomic E-state index is 0.623. The van der Waals surface area contributed by atoms with Gasteiger partial charge < -0.3 is 14.8 Å². The van der Waals surface area contributed by atoms with E-state index in [9.17, 15) is 0 Å². The maximum Gasteiger partial charge on any atom is 0.215 e. The van der Waals surface area contributed by atoms with E-state index < -0.39 is 0 Å². The van der Waals surface area contributed by atoms with Gasteiger partial charge in [-0.25, -0.2) is 0 Å². The van der Waals surface area contributed by atoms with E-state index in [0.29, 0.717) is 12.5 Å². The van der Waals surface area contributed by atoms with E-state index in [0.717, 1.165) is 24.5 Å². The summed E-state index contributed by atoms with van der Waals surface area (Å²) in [5, 5.41) is 3.30. The van der Waals surface area contributed by atoms with Gasteiger partial charge in [0.1, 0.15) is 11.6 Å². The molecule has 1 N–H and O–H groups in total. The molecular formula is C16H20N2O2. The molecule has 106 valence electrons. The molecule has 1 heterocycles. The fraction of sp³-hybridized carbons (Fsp3) is 0.312. The van der Waals surface area contributed by atoms with Crippen molar-refractivity contribution in [2.24, 2.45) is 0 Å². The summed E-state index contributed by atoms with van der Waals surface area (Å²) in [4.78, 5) is 4.37. The van der Waals surface area contributed by atoms with Crippen molar-refractivity contribution < 1.29 is 9.47 Å². The van der Waals surface area contributed by atoms with Gasteiger partial charge in [-0.2, -0.15) is 4.98 Å². The van der Waals surface area contributed by atoms with Crippen molar-refractivity contribution in [3.63, 3.8) is 0 Å². The smallest absolute Gasteiger partial charge is 0.215 e. The predicted octanol–water partition coefficient (Wildman–Crippen LogP) is 3.14. The molecule has 0 spiro atoms. The summed E-state index contributed by atoms with van der Waals surface area (Å²) in [5.41, 5.74) is 1.18. The van der Waals surface area contributed by atoms with E-state index in [1.807, 2.05) is 43.3 Å². The van der Waals surface area contributed by atoms with Crippen LogP contribution in [0.25, 0.3) is 0 Å². The number of aromatic nitrogens is 1.